The summed E-state index contributed by atoms with van der Waals surface area (Å²) < 4.78 is 6.63. The van der Waals surface area contributed by atoms with Gasteiger partial charge in [-0.2, -0.15) is 0 Å². The third-order valence-corrected chi connectivity index (χ3v) is 4.90. The maximum absolute atomic E-state index is 6.13. The molecule has 2 aromatic rings. The molecule has 0 heterocycles. The van der Waals surface area contributed by atoms with Crippen molar-refractivity contribution in [3.05, 3.63) is 62.1 Å². The summed E-state index contributed by atoms with van der Waals surface area (Å²) in [6, 6.07) is 10.3. The summed E-state index contributed by atoms with van der Waals surface area (Å²) in [6.07, 6.45) is 0. The molecule has 112 valence electrons. The first-order chi connectivity index (χ1) is 9.97. The van der Waals surface area contributed by atoms with Crippen LogP contribution in [0.4, 0.5) is 0 Å². The second kappa shape index (κ2) is 6.82. The van der Waals surface area contributed by atoms with Gasteiger partial charge >= 0.3 is 0 Å². The zero-order chi connectivity index (χ0) is 15.6. The summed E-state index contributed by atoms with van der Waals surface area (Å²) in [5.74, 6) is 0.877. The van der Waals surface area contributed by atoms with Gasteiger partial charge in [0, 0.05) is 15.1 Å². The van der Waals surface area contributed by atoms with Crippen molar-refractivity contribution in [1.82, 2.24) is 5.32 Å². The third kappa shape index (κ3) is 3.42. The van der Waals surface area contributed by atoms with Crippen LogP contribution in [0.3, 0.4) is 0 Å². The number of rotatable bonds is 4. The van der Waals surface area contributed by atoms with Gasteiger partial charge in [0.15, 0.2) is 0 Å². The normalized spacial score (nSPS) is 12.3. The van der Waals surface area contributed by atoms with Crippen LogP contribution in [0, 0.1) is 13.8 Å². The molecule has 0 aromatic heterocycles. The Bertz CT molecular complexity index is 657. The molecule has 0 aliphatic carbocycles. The van der Waals surface area contributed by atoms with E-state index in [4.69, 9.17) is 16.3 Å². The number of ether oxygens (including phenoxy) is 1. The number of hydrogen-bond donors (Lipinski definition) is 1. The molecular formula is C17H19BrClNO. The van der Waals surface area contributed by atoms with Gasteiger partial charge < -0.3 is 10.1 Å². The highest BCUT2D eigenvalue weighted by Crippen LogP contribution is 2.35. The van der Waals surface area contributed by atoms with E-state index < -0.39 is 0 Å². The maximum Gasteiger partial charge on any atom is 0.124 e. The Hall–Kier alpha value is -1.03. The fraction of sp³-hybridized carbons (Fsp3) is 0.294. The first kappa shape index (κ1) is 16.3. The zero-order valence-corrected chi connectivity index (χ0v) is 15.0. The van der Waals surface area contributed by atoms with Gasteiger partial charge in [-0.15, -0.1) is 0 Å². The smallest absolute Gasteiger partial charge is 0.124 e. The predicted molar refractivity (Wildman–Crippen MR) is 92.5 cm³/mol. The van der Waals surface area contributed by atoms with Crippen LogP contribution in [-0.4, -0.2) is 14.2 Å². The van der Waals surface area contributed by atoms with Gasteiger partial charge in [-0.25, -0.2) is 0 Å². The van der Waals surface area contributed by atoms with Crippen molar-refractivity contribution in [2.45, 2.75) is 19.9 Å². The monoisotopic (exact) mass is 367 g/mol. The van der Waals surface area contributed by atoms with Gasteiger partial charge in [0.05, 0.1) is 13.2 Å². The van der Waals surface area contributed by atoms with E-state index in [1.807, 2.05) is 32.2 Å². The molecule has 2 aromatic carbocycles. The molecule has 21 heavy (non-hydrogen) atoms. The van der Waals surface area contributed by atoms with E-state index in [1.54, 1.807) is 7.11 Å². The number of benzene rings is 2. The maximum atomic E-state index is 6.13. The highest BCUT2D eigenvalue weighted by Gasteiger charge is 2.18. The molecule has 1 atom stereocenters. The van der Waals surface area contributed by atoms with Crippen molar-refractivity contribution in [2.75, 3.05) is 14.2 Å². The lowest BCUT2D eigenvalue weighted by molar-refractivity contribution is 0.405. The molecule has 1 N–H and O–H groups in total. The van der Waals surface area contributed by atoms with Crippen LogP contribution < -0.4 is 10.1 Å². The Morgan fingerprint density at radius 3 is 2.43 bits per heavy atom. The van der Waals surface area contributed by atoms with Crippen LogP contribution in [0.5, 0.6) is 5.75 Å². The Kier molecular flexibility index (Phi) is 5.31. The van der Waals surface area contributed by atoms with Crippen LogP contribution in [0.1, 0.15) is 28.3 Å². The average molecular weight is 369 g/mol. The Morgan fingerprint density at radius 2 is 1.86 bits per heavy atom. The van der Waals surface area contributed by atoms with Crippen molar-refractivity contribution < 1.29 is 4.74 Å². The van der Waals surface area contributed by atoms with Crippen molar-refractivity contribution >= 4 is 27.5 Å². The summed E-state index contributed by atoms with van der Waals surface area (Å²) in [6.45, 7) is 4.07. The lowest BCUT2D eigenvalue weighted by Crippen LogP contribution is -2.18. The van der Waals surface area contributed by atoms with E-state index in [2.05, 4.69) is 40.3 Å². The minimum Gasteiger partial charge on any atom is -0.496 e. The highest BCUT2D eigenvalue weighted by molar-refractivity contribution is 9.10. The number of aryl methyl sites for hydroxylation is 2. The van der Waals surface area contributed by atoms with Gasteiger partial charge in [0.25, 0.3) is 0 Å². The minimum absolute atomic E-state index is 0.0489. The number of halogens is 2. The van der Waals surface area contributed by atoms with Crippen molar-refractivity contribution in [3.8, 4) is 5.75 Å². The van der Waals surface area contributed by atoms with Crippen LogP contribution in [0.2, 0.25) is 5.02 Å². The summed E-state index contributed by atoms with van der Waals surface area (Å²) in [5.41, 5.74) is 4.48. The summed E-state index contributed by atoms with van der Waals surface area (Å²) in [7, 11) is 3.65. The standard InChI is InChI=1S/C17H19BrClNO/c1-10-8-16(21-4)13(9-14(10)18)17(20-3)12-5-6-15(19)11(2)7-12/h5-9,17,20H,1-4H3. The minimum atomic E-state index is 0.0489. The van der Waals surface area contributed by atoms with Crippen molar-refractivity contribution in [2.24, 2.45) is 0 Å². The van der Waals surface area contributed by atoms with Crippen LogP contribution in [0.15, 0.2) is 34.8 Å². The van der Waals surface area contributed by atoms with E-state index >= 15 is 0 Å². The molecular weight excluding hydrogens is 350 g/mol. The molecule has 2 rings (SSSR count). The number of nitrogens with one attached hydrogen (secondary N) is 1. The first-order valence-electron chi connectivity index (χ1n) is 6.75. The van der Waals surface area contributed by atoms with Gasteiger partial charge in [0.2, 0.25) is 0 Å². The molecule has 0 aliphatic heterocycles. The number of methoxy groups -OCH3 is 1. The summed E-state index contributed by atoms with van der Waals surface area (Å²) >= 11 is 9.73. The molecule has 0 saturated carbocycles. The fourth-order valence-corrected chi connectivity index (χ4v) is 2.90. The summed E-state index contributed by atoms with van der Waals surface area (Å²) in [4.78, 5) is 0. The zero-order valence-electron chi connectivity index (χ0n) is 12.6. The topological polar surface area (TPSA) is 21.3 Å². The number of hydrogen-bond acceptors (Lipinski definition) is 2. The van der Waals surface area contributed by atoms with Gasteiger partial charge in [0.1, 0.15) is 5.75 Å². The lowest BCUT2D eigenvalue weighted by atomic mass is 9.96. The predicted octanol–water partition coefficient (Wildman–Crippen LogP) is 5.04. The molecule has 1 unspecified atom stereocenters. The molecule has 0 amide bonds. The largest absolute Gasteiger partial charge is 0.496 e. The van der Waals surface area contributed by atoms with E-state index in [-0.39, 0.29) is 6.04 Å². The fourth-order valence-electron chi connectivity index (χ4n) is 2.42. The SMILES string of the molecule is CNC(c1ccc(Cl)c(C)c1)c1cc(Br)c(C)cc1OC. The highest BCUT2D eigenvalue weighted by atomic mass is 79.9. The second-order valence-electron chi connectivity index (χ2n) is 5.07. The summed E-state index contributed by atoms with van der Waals surface area (Å²) in [5, 5.41) is 4.14. The van der Waals surface area contributed by atoms with E-state index in [0.717, 1.165) is 37.5 Å². The van der Waals surface area contributed by atoms with Gasteiger partial charge in [-0.3, -0.25) is 0 Å². The molecule has 0 radical (unpaired) electrons. The quantitative estimate of drug-likeness (QED) is 0.816. The molecule has 4 heteroatoms. The molecule has 0 spiro atoms. The third-order valence-electron chi connectivity index (χ3n) is 3.63. The van der Waals surface area contributed by atoms with E-state index in [0.29, 0.717) is 0 Å². The van der Waals surface area contributed by atoms with Crippen LogP contribution in [-0.2, 0) is 0 Å². The van der Waals surface area contributed by atoms with Crippen molar-refractivity contribution in [1.29, 1.82) is 0 Å². The van der Waals surface area contributed by atoms with Gasteiger partial charge in [-0.05, 0) is 55.8 Å². The van der Waals surface area contributed by atoms with E-state index in [1.165, 1.54) is 0 Å². The van der Waals surface area contributed by atoms with E-state index in [9.17, 15) is 0 Å². The van der Waals surface area contributed by atoms with Crippen LogP contribution >= 0.6 is 27.5 Å². The average Bonchev–Trinajstić information content (AvgIpc) is 2.46. The Balaban J connectivity index is 2.55. The Labute approximate surface area is 139 Å². The Morgan fingerprint density at radius 1 is 1.14 bits per heavy atom. The molecule has 0 bridgehead atoms. The van der Waals surface area contributed by atoms with Crippen molar-refractivity contribution in [3.63, 3.8) is 0 Å². The molecule has 0 fully saturated rings. The first-order valence-corrected chi connectivity index (χ1v) is 7.92. The molecule has 0 aliphatic rings. The molecule has 2 nitrogen and oxygen atoms in total. The van der Waals surface area contributed by atoms with Crippen LogP contribution in [0.25, 0.3) is 0 Å². The van der Waals surface area contributed by atoms with Gasteiger partial charge in [-0.1, -0.05) is 39.7 Å². The molecule has 0 saturated heterocycles. The second-order valence-corrected chi connectivity index (χ2v) is 6.34. The lowest BCUT2D eigenvalue weighted by Gasteiger charge is -2.21.